The highest BCUT2D eigenvalue weighted by atomic mass is 16.5. The Morgan fingerprint density at radius 2 is 2.09 bits per heavy atom. The molecule has 0 radical (unpaired) electrons. The summed E-state index contributed by atoms with van der Waals surface area (Å²) in [5.74, 6) is 0.983. The fraction of sp³-hybridized carbons (Fsp3) is 0.562. The van der Waals surface area contributed by atoms with Gasteiger partial charge in [-0.3, -0.25) is 9.69 Å². The second-order valence-corrected chi connectivity index (χ2v) is 5.30. The maximum absolute atomic E-state index is 11.4. The number of nitrogens with zero attached hydrogens (tertiary/aromatic N) is 1. The van der Waals surface area contributed by atoms with Crippen LogP contribution >= 0.6 is 0 Å². The summed E-state index contributed by atoms with van der Waals surface area (Å²) in [7, 11) is 1.52. The van der Waals surface area contributed by atoms with Gasteiger partial charge in [-0.15, -0.1) is 0 Å². The number of carbonyl (C=O) groups excluding carboxylic acids is 1. The smallest absolute Gasteiger partial charge is 0.161 e. The van der Waals surface area contributed by atoms with E-state index in [9.17, 15) is 9.90 Å². The summed E-state index contributed by atoms with van der Waals surface area (Å²) < 4.78 is 16.1. The van der Waals surface area contributed by atoms with Gasteiger partial charge < -0.3 is 19.3 Å². The lowest BCUT2D eigenvalue weighted by atomic mass is 10.1. The van der Waals surface area contributed by atoms with Crippen molar-refractivity contribution < 1.29 is 24.1 Å². The molecule has 1 heterocycles. The lowest BCUT2D eigenvalue weighted by Gasteiger charge is -2.28. The molecule has 6 heteroatoms. The summed E-state index contributed by atoms with van der Waals surface area (Å²) in [6, 6.07) is 5.03. The van der Waals surface area contributed by atoms with Gasteiger partial charge in [0.25, 0.3) is 0 Å². The third-order valence-corrected chi connectivity index (χ3v) is 3.57. The van der Waals surface area contributed by atoms with Crippen molar-refractivity contribution in [3.05, 3.63) is 23.8 Å². The molecule has 0 unspecified atom stereocenters. The van der Waals surface area contributed by atoms with E-state index in [1.165, 1.54) is 14.0 Å². The number of aliphatic hydroxyl groups is 1. The topological polar surface area (TPSA) is 68.2 Å². The van der Waals surface area contributed by atoms with Crippen molar-refractivity contribution in [3.63, 3.8) is 0 Å². The Hall–Kier alpha value is -1.63. The van der Waals surface area contributed by atoms with E-state index < -0.39 is 6.10 Å². The summed E-state index contributed by atoms with van der Waals surface area (Å²) in [6.45, 7) is 5.29. The van der Waals surface area contributed by atoms with Gasteiger partial charge in [0.1, 0.15) is 12.7 Å². The molecule has 0 amide bonds. The van der Waals surface area contributed by atoms with Gasteiger partial charge in [-0.2, -0.15) is 0 Å². The first-order valence-corrected chi connectivity index (χ1v) is 7.40. The number of ketones is 1. The van der Waals surface area contributed by atoms with Gasteiger partial charge in [-0.05, 0) is 25.1 Å². The van der Waals surface area contributed by atoms with Crippen molar-refractivity contribution in [2.45, 2.75) is 13.0 Å². The standard InChI is InChI=1S/C16H23NO5/c1-12(18)13-3-4-15(16(9-13)20-2)22-11-14(19)10-17-5-7-21-8-6-17/h3-4,9,14,19H,5-8,10-11H2,1-2H3/t14-/m1/s1. The van der Waals surface area contributed by atoms with Gasteiger partial charge in [0.05, 0.1) is 20.3 Å². The number of hydrogen-bond donors (Lipinski definition) is 1. The van der Waals surface area contributed by atoms with Crippen LogP contribution in [0.4, 0.5) is 0 Å². The Bertz CT molecular complexity index is 499. The highest BCUT2D eigenvalue weighted by Gasteiger charge is 2.16. The Balaban J connectivity index is 1.88. The van der Waals surface area contributed by atoms with Crippen molar-refractivity contribution in [3.8, 4) is 11.5 Å². The Morgan fingerprint density at radius 1 is 1.36 bits per heavy atom. The number of Topliss-reactive ketones (excluding diaryl/α,β-unsaturated/α-hetero) is 1. The minimum Gasteiger partial charge on any atom is -0.493 e. The van der Waals surface area contributed by atoms with Crippen molar-refractivity contribution in [1.29, 1.82) is 0 Å². The largest absolute Gasteiger partial charge is 0.493 e. The molecular formula is C16H23NO5. The molecule has 1 aliphatic rings. The fourth-order valence-corrected chi connectivity index (χ4v) is 2.33. The van der Waals surface area contributed by atoms with Crippen LogP contribution in [0.3, 0.4) is 0 Å². The number of morpholine rings is 1. The van der Waals surface area contributed by atoms with Crippen molar-refractivity contribution in [1.82, 2.24) is 4.90 Å². The summed E-state index contributed by atoms with van der Waals surface area (Å²) in [5.41, 5.74) is 0.568. The molecule has 1 aliphatic heterocycles. The molecule has 0 aliphatic carbocycles. The molecule has 1 saturated heterocycles. The summed E-state index contributed by atoms with van der Waals surface area (Å²) in [6.07, 6.45) is -0.588. The van der Waals surface area contributed by atoms with E-state index in [0.29, 0.717) is 36.8 Å². The number of ether oxygens (including phenoxy) is 3. The normalized spacial score (nSPS) is 17.0. The Labute approximate surface area is 130 Å². The van der Waals surface area contributed by atoms with Crippen LogP contribution in [-0.2, 0) is 4.74 Å². The van der Waals surface area contributed by atoms with Crippen LogP contribution in [0.2, 0.25) is 0 Å². The first kappa shape index (κ1) is 16.7. The second kappa shape index (κ2) is 8.12. The lowest BCUT2D eigenvalue weighted by molar-refractivity contribution is 0.00445. The first-order chi connectivity index (χ1) is 10.6. The molecule has 0 spiro atoms. The molecule has 122 valence electrons. The molecule has 1 aromatic rings. The van der Waals surface area contributed by atoms with Crippen LogP contribution in [0, 0.1) is 0 Å². The van der Waals surface area contributed by atoms with Gasteiger partial charge in [-0.25, -0.2) is 0 Å². The molecular weight excluding hydrogens is 286 g/mol. The molecule has 1 N–H and O–H groups in total. The molecule has 1 atom stereocenters. The van der Waals surface area contributed by atoms with Crippen molar-refractivity contribution in [2.75, 3.05) is 46.6 Å². The molecule has 22 heavy (non-hydrogen) atoms. The zero-order valence-corrected chi connectivity index (χ0v) is 13.1. The van der Waals surface area contributed by atoms with E-state index in [2.05, 4.69) is 4.90 Å². The fourth-order valence-electron chi connectivity index (χ4n) is 2.33. The third kappa shape index (κ3) is 4.69. The number of benzene rings is 1. The lowest BCUT2D eigenvalue weighted by Crippen LogP contribution is -2.42. The molecule has 2 rings (SSSR count). The van der Waals surface area contributed by atoms with Gasteiger partial charge in [0, 0.05) is 25.2 Å². The molecule has 1 fully saturated rings. The quantitative estimate of drug-likeness (QED) is 0.757. The molecule has 0 aromatic heterocycles. The summed E-state index contributed by atoms with van der Waals surface area (Å²) >= 11 is 0. The van der Waals surface area contributed by atoms with E-state index in [4.69, 9.17) is 14.2 Å². The van der Waals surface area contributed by atoms with Crippen LogP contribution in [-0.4, -0.2) is 68.5 Å². The zero-order valence-electron chi connectivity index (χ0n) is 13.1. The number of methoxy groups -OCH3 is 1. The Morgan fingerprint density at radius 3 is 2.73 bits per heavy atom. The van der Waals surface area contributed by atoms with Crippen LogP contribution in [0.15, 0.2) is 18.2 Å². The van der Waals surface area contributed by atoms with Crippen LogP contribution in [0.25, 0.3) is 0 Å². The second-order valence-electron chi connectivity index (χ2n) is 5.30. The third-order valence-electron chi connectivity index (χ3n) is 3.57. The highest BCUT2D eigenvalue weighted by molar-refractivity contribution is 5.94. The van der Waals surface area contributed by atoms with E-state index in [1.54, 1.807) is 18.2 Å². The van der Waals surface area contributed by atoms with E-state index >= 15 is 0 Å². The van der Waals surface area contributed by atoms with E-state index in [1.807, 2.05) is 0 Å². The predicted molar refractivity (Wildman–Crippen MR) is 81.8 cm³/mol. The SMILES string of the molecule is COc1cc(C(C)=O)ccc1OC[C@H](O)CN1CCOCC1. The number of β-amino-alcohol motifs (C(OH)–C–C–N with tert-alkyl or cyclic N) is 1. The maximum Gasteiger partial charge on any atom is 0.161 e. The van der Waals surface area contributed by atoms with Crippen LogP contribution in [0.5, 0.6) is 11.5 Å². The van der Waals surface area contributed by atoms with Crippen LogP contribution < -0.4 is 9.47 Å². The molecule has 0 saturated carbocycles. The number of aliphatic hydroxyl groups excluding tert-OH is 1. The number of hydrogen-bond acceptors (Lipinski definition) is 6. The average Bonchev–Trinajstić information content (AvgIpc) is 2.53. The predicted octanol–water partition coefficient (Wildman–Crippen LogP) is 0.970. The van der Waals surface area contributed by atoms with Gasteiger partial charge in [0.2, 0.25) is 0 Å². The van der Waals surface area contributed by atoms with Gasteiger partial charge in [0.15, 0.2) is 17.3 Å². The van der Waals surface area contributed by atoms with Crippen LogP contribution in [0.1, 0.15) is 17.3 Å². The minimum atomic E-state index is -0.588. The number of carbonyl (C=O) groups is 1. The first-order valence-electron chi connectivity index (χ1n) is 7.40. The van der Waals surface area contributed by atoms with Gasteiger partial charge >= 0.3 is 0 Å². The molecule has 0 bridgehead atoms. The zero-order chi connectivity index (χ0) is 15.9. The van der Waals surface area contributed by atoms with Crippen molar-refractivity contribution >= 4 is 5.78 Å². The molecule has 6 nitrogen and oxygen atoms in total. The van der Waals surface area contributed by atoms with Gasteiger partial charge in [-0.1, -0.05) is 0 Å². The van der Waals surface area contributed by atoms with E-state index in [-0.39, 0.29) is 12.4 Å². The monoisotopic (exact) mass is 309 g/mol. The average molecular weight is 309 g/mol. The van der Waals surface area contributed by atoms with Crippen molar-refractivity contribution in [2.24, 2.45) is 0 Å². The molecule has 1 aromatic carbocycles. The van der Waals surface area contributed by atoms with E-state index in [0.717, 1.165) is 13.1 Å². The minimum absolute atomic E-state index is 0.0304. The maximum atomic E-state index is 11.4. The Kier molecular flexibility index (Phi) is 6.18. The summed E-state index contributed by atoms with van der Waals surface area (Å²) in [5, 5.41) is 10.1. The number of rotatable bonds is 7. The summed E-state index contributed by atoms with van der Waals surface area (Å²) in [4.78, 5) is 13.5. The highest BCUT2D eigenvalue weighted by Crippen LogP contribution is 2.28.